The smallest absolute Gasteiger partial charge is 0.336 e. The summed E-state index contributed by atoms with van der Waals surface area (Å²) >= 11 is 0. The molecule has 126 valence electrons. The Morgan fingerprint density at radius 1 is 1.09 bits per heavy atom. The van der Waals surface area contributed by atoms with Crippen LogP contribution in [0.25, 0.3) is 0 Å². The second-order valence-electron chi connectivity index (χ2n) is 5.55. The number of carbonyl (C=O) groups is 3. The van der Waals surface area contributed by atoms with Gasteiger partial charge >= 0.3 is 11.9 Å². The van der Waals surface area contributed by atoms with Crippen molar-refractivity contribution in [3.05, 3.63) is 34.9 Å². The first-order valence-corrected chi connectivity index (χ1v) is 7.54. The van der Waals surface area contributed by atoms with Crippen LogP contribution in [0, 0.1) is 5.92 Å². The first-order chi connectivity index (χ1) is 10.8. The molecule has 2 unspecified atom stereocenters. The Balaban J connectivity index is 2.85. The van der Waals surface area contributed by atoms with Crippen LogP contribution in [0.5, 0.6) is 0 Å². The van der Waals surface area contributed by atoms with Gasteiger partial charge in [-0.2, -0.15) is 0 Å². The Morgan fingerprint density at radius 2 is 1.70 bits per heavy atom. The van der Waals surface area contributed by atoms with E-state index >= 15 is 0 Å². The lowest BCUT2D eigenvalue weighted by molar-refractivity contribution is 0.0436. The fourth-order valence-corrected chi connectivity index (χ4v) is 2.02. The van der Waals surface area contributed by atoms with Gasteiger partial charge in [0.05, 0.1) is 11.1 Å². The number of hydrogen-bond donors (Lipinski definition) is 2. The normalized spacial score (nSPS) is 13.3. The Hall–Kier alpha value is -2.21. The number of rotatable bonds is 9. The van der Waals surface area contributed by atoms with Crippen LogP contribution in [-0.2, 0) is 4.74 Å². The first kappa shape index (κ1) is 18.8. The maximum atomic E-state index is 12.3. The second kappa shape index (κ2) is 8.43. The molecule has 0 aliphatic rings. The number of ether oxygens (including phenoxy) is 1. The third-order valence-corrected chi connectivity index (χ3v) is 3.81. The molecule has 0 radical (unpaired) electrons. The third kappa shape index (κ3) is 5.17. The minimum Gasteiger partial charge on any atom is -0.478 e. The van der Waals surface area contributed by atoms with E-state index in [0.29, 0.717) is 12.5 Å². The van der Waals surface area contributed by atoms with Crippen LogP contribution in [-0.4, -0.2) is 40.6 Å². The molecular weight excluding hydrogens is 300 g/mol. The lowest BCUT2D eigenvalue weighted by atomic mass is 9.99. The highest BCUT2D eigenvalue weighted by Crippen LogP contribution is 2.16. The van der Waals surface area contributed by atoms with Crippen molar-refractivity contribution in [2.75, 3.05) is 6.61 Å². The van der Waals surface area contributed by atoms with Crippen molar-refractivity contribution in [2.45, 2.75) is 39.7 Å². The summed E-state index contributed by atoms with van der Waals surface area (Å²) in [5.74, 6) is -2.60. The number of benzene rings is 1. The Labute approximate surface area is 135 Å². The van der Waals surface area contributed by atoms with Crippen molar-refractivity contribution in [1.82, 2.24) is 0 Å². The summed E-state index contributed by atoms with van der Waals surface area (Å²) in [7, 11) is 0. The summed E-state index contributed by atoms with van der Waals surface area (Å²) in [6.07, 6.45) is 1.16. The molecule has 0 saturated carbocycles. The van der Waals surface area contributed by atoms with Crippen molar-refractivity contribution in [3.8, 4) is 0 Å². The van der Waals surface area contributed by atoms with Gasteiger partial charge < -0.3 is 14.9 Å². The van der Waals surface area contributed by atoms with Crippen LogP contribution in [0.3, 0.4) is 0 Å². The average Bonchev–Trinajstić information content (AvgIpc) is 2.52. The molecule has 0 aromatic heterocycles. The number of Topliss-reactive ketones (excluding diaryl/α,β-unsaturated/α-hetero) is 1. The van der Waals surface area contributed by atoms with E-state index in [-0.39, 0.29) is 16.9 Å². The summed E-state index contributed by atoms with van der Waals surface area (Å²) in [6.45, 7) is 6.22. The van der Waals surface area contributed by atoms with E-state index in [1.165, 1.54) is 6.07 Å². The summed E-state index contributed by atoms with van der Waals surface area (Å²) in [5.41, 5.74) is -0.627. The van der Waals surface area contributed by atoms with Gasteiger partial charge in [0.2, 0.25) is 0 Å². The van der Waals surface area contributed by atoms with Gasteiger partial charge in [0.15, 0.2) is 5.78 Å². The van der Waals surface area contributed by atoms with E-state index in [0.717, 1.165) is 25.0 Å². The molecular formula is C17H22O6. The largest absolute Gasteiger partial charge is 0.478 e. The summed E-state index contributed by atoms with van der Waals surface area (Å²) < 4.78 is 5.50. The molecule has 2 N–H and O–H groups in total. The van der Waals surface area contributed by atoms with Crippen LogP contribution in [0.4, 0.5) is 0 Å². The number of ketones is 1. The van der Waals surface area contributed by atoms with E-state index in [1.807, 2.05) is 0 Å². The van der Waals surface area contributed by atoms with Crippen LogP contribution in [0.15, 0.2) is 18.2 Å². The summed E-state index contributed by atoms with van der Waals surface area (Å²) in [5, 5.41) is 18.1. The van der Waals surface area contributed by atoms with Gasteiger partial charge in [0.25, 0.3) is 0 Å². The average molecular weight is 322 g/mol. The van der Waals surface area contributed by atoms with Gasteiger partial charge in [-0.1, -0.05) is 26.3 Å². The highest BCUT2D eigenvalue weighted by Gasteiger charge is 2.21. The van der Waals surface area contributed by atoms with E-state index in [1.54, 1.807) is 6.92 Å². The van der Waals surface area contributed by atoms with Crippen molar-refractivity contribution >= 4 is 17.7 Å². The summed E-state index contributed by atoms with van der Waals surface area (Å²) in [6, 6.07) is 3.53. The number of carbonyl (C=O) groups excluding carboxylic acids is 1. The van der Waals surface area contributed by atoms with E-state index in [4.69, 9.17) is 14.9 Å². The summed E-state index contributed by atoms with van der Waals surface area (Å²) in [4.78, 5) is 34.4. The van der Waals surface area contributed by atoms with Gasteiger partial charge in [-0.25, -0.2) is 9.59 Å². The molecule has 0 aliphatic carbocycles. The number of aromatic carboxylic acids is 2. The van der Waals surface area contributed by atoms with Crippen LogP contribution < -0.4 is 0 Å². The zero-order chi connectivity index (χ0) is 17.6. The lowest BCUT2D eigenvalue weighted by Crippen LogP contribution is -2.23. The molecule has 0 aliphatic heterocycles. The minimum absolute atomic E-state index is 0.128. The van der Waals surface area contributed by atoms with E-state index in [2.05, 4.69) is 13.8 Å². The Morgan fingerprint density at radius 3 is 2.22 bits per heavy atom. The molecule has 0 amide bonds. The molecule has 1 rings (SSSR count). The Bertz CT molecular complexity index is 593. The van der Waals surface area contributed by atoms with Gasteiger partial charge in [-0.15, -0.1) is 0 Å². The van der Waals surface area contributed by atoms with Crippen molar-refractivity contribution < 1.29 is 29.3 Å². The SMILES string of the molecule is CCC(C)CCOC(C)C(=O)c1ccc(C(=O)O)c(C(=O)O)c1. The maximum Gasteiger partial charge on any atom is 0.336 e. The predicted octanol–water partition coefficient (Wildman–Crippen LogP) is 3.11. The molecule has 1 aromatic rings. The molecule has 1 aromatic carbocycles. The molecule has 0 bridgehead atoms. The highest BCUT2D eigenvalue weighted by molar-refractivity contribution is 6.06. The maximum absolute atomic E-state index is 12.3. The van der Waals surface area contributed by atoms with Gasteiger partial charge in [0.1, 0.15) is 6.10 Å². The molecule has 0 spiro atoms. The molecule has 6 nitrogen and oxygen atoms in total. The van der Waals surface area contributed by atoms with Crippen molar-refractivity contribution in [1.29, 1.82) is 0 Å². The highest BCUT2D eigenvalue weighted by atomic mass is 16.5. The number of carboxylic acids is 2. The molecule has 2 atom stereocenters. The lowest BCUT2D eigenvalue weighted by Gasteiger charge is -2.14. The molecule has 6 heteroatoms. The zero-order valence-electron chi connectivity index (χ0n) is 13.5. The predicted molar refractivity (Wildman–Crippen MR) is 84.2 cm³/mol. The molecule has 0 heterocycles. The van der Waals surface area contributed by atoms with Crippen LogP contribution >= 0.6 is 0 Å². The molecule has 0 saturated heterocycles. The number of carboxylic acid groups (broad SMARTS) is 2. The minimum atomic E-state index is -1.39. The molecule has 23 heavy (non-hydrogen) atoms. The number of hydrogen-bond acceptors (Lipinski definition) is 4. The van der Waals surface area contributed by atoms with E-state index < -0.39 is 23.6 Å². The topological polar surface area (TPSA) is 101 Å². The van der Waals surface area contributed by atoms with Gasteiger partial charge in [-0.3, -0.25) is 4.79 Å². The van der Waals surface area contributed by atoms with Gasteiger partial charge in [0, 0.05) is 12.2 Å². The second-order valence-corrected chi connectivity index (χ2v) is 5.55. The monoisotopic (exact) mass is 322 g/mol. The fraction of sp³-hybridized carbons (Fsp3) is 0.471. The molecule has 0 fully saturated rings. The quantitative estimate of drug-likeness (QED) is 0.677. The van der Waals surface area contributed by atoms with Gasteiger partial charge in [-0.05, 0) is 31.4 Å². The van der Waals surface area contributed by atoms with Crippen LogP contribution in [0.2, 0.25) is 0 Å². The third-order valence-electron chi connectivity index (χ3n) is 3.81. The first-order valence-electron chi connectivity index (χ1n) is 7.54. The van der Waals surface area contributed by atoms with E-state index in [9.17, 15) is 14.4 Å². The van der Waals surface area contributed by atoms with Crippen molar-refractivity contribution in [2.24, 2.45) is 5.92 Å². The van der Waals surface area contributed by atoms with Crippen LogP contribution in [0.1, 0.15) is 64.7 Å². The standard InChI is InChI=1S/C17H22O6/c1-4-10(2)7-8-23-11(3)15(18)12-5-6-13(16(19)20)14(9-12)17(21)22/h5-6,9-11H,4,7-8H2,1-3H3,(H,19,20)(H,21,22). The fourth-order valence-electron chi connectivity index (χ4n) is 2.02. The van der Waals surface area contributed by atoms with Crippen molar-refractivity contribution in [3.63, 3.8) is 0 Å². The Kier molecular flexibility index (Phi) is 6.90. The zero-order valence-corrected chi connectivity index (χ0v) is 13.5.